The summed E-state index contributed by atoms with van der Waals surface area (Å²) < 4.78 is 29.3. The summed E-state index contributed by atoms with van der Waals surface area (Å²) in [5.74, 6) is -3.83. The normalized spacial score (nSPS) is 20.3. The quantitative estimate of drug-likeness (QED) is 0.151. The van der Waals surface area contributed by atoms with Gasteiger partial charge in [0.05, 0.1) is 4.90 Å². The predicted molar refractivity (Wildman–Crippen MR) is 115 cm³/mol. The Hall–Kier alpha value is -3.23. The van der Waals surface area contributed by atoms with Gasteiger partial charge in [0.2, 0.25) is 11.5 Å². The molecule has 0 bridgehead atoms. The Balaban J connectivity index is 1.66. The third kappa shape index (κ3) is 5.07. The Morgan fingerprint density at radius 1 is 1.27 bits per heavy atom. The zero-order valence-electron chi connectivity index (χ0n) is 17.4. The number of carboxylic acids is 1. The topological polar surface area (TPSA) is 169 Å². The van der Waals surface area contributed by atoms with E-state index in [1.807, 2.05) is 0 Å². The first-order valence-corrected chi connectivity index (χ1v) is 11.8. The number of hydrogen-bond donors (Lipinski definition) is 2. The van der Waals surface area contributed by atoms with Crippen LogP contribution in [0.5, 0.6) is 0 Å². The highest BCUT2D eigenvalue weighted by Gasteiger charge is 2.53. The Labute approximate surface area is 192 Å². The second kappa shape index (κ2) is 9.72. The largest absolute Gasteiger partial charge is 0.477 e. The van der Waals surface area contributed by atoms with Gasteiger partial charge in [-0.05, 0) is 25.1 Å². The number of Topliss-reactive ketones (excluding diaryl/α,β-unsaturated/α-hetero) is 1. The van der Waals surface area contributed by atoms with Crippen molar-refractivity contribution in [3.8, 4) is 0 Å². The first kappa shape index (κ1) is 24.4. The molecule has 176 valence electrons. The standard InChI is InChI=1S/C19H19N3O9S2/c1-10-3-5-11(6-4-10)33(28,29)31-9-13(23)14(21-30-2)16(24)20-15-17(25)22-12(19(26)27)7-8-32-18(15)22/h3-7,15,18H,8-9H2,1-2H3,(H,20,24)(H,26,27)/t15?,18-/m0/s1. The Bertz CT molecular complexity index is 1160. The third-order valence-corrected chi connectivity index (χ3v) is 7.13. The second-order valence-electron chi connectivity index (χ2n) is 6.85. The lowest BCUT2D eigenvalue weighted by Crippen LogP contribution is -2.70. The molecule has 12 nitrogen and oxygen atoms in total. The van der Waals surface area contributed by atoms with Gasteiger partial charge < -0.3 is 15.3 Å². The molecule has 1 aromatic carbocycles. The minimum atomic E-state index is -4.28. The molecule has 0 spiro atoms. The first-order chi connectivity index (χ1) is 15.6. The minimum Gasteiger partial charge on any atom is -0.477 e. The monoisotopic (exact) mass is 497 g/mol. The van der Waals surface area contributed by atoms with E-state index in [1.165, 1.54) is 30.0 Å². The summed E-state index contributed by atoms with van der Waals surface area (Å²) in [7, 11) is -3.20. The van der Waals surface area contributed by atoms with Crippen molar-refractivity contribution in [2.24, 2.45) is 5.16 Å². The van der Waals surface area contributed by atoms with E-state index in [0.717, 1.165) is 17.6 Å². The minimum absolute atomic E-state index is 0.174. The number of carboxylic acid groups (broad SMARTS) is 1. The number of nitrogens with one attached hydrogen (secondary N) is 1. The van der Waals surface area contributed by atoms with Gasteiger partial charge in [-0.2, -0.15) is 8.42 Å². The number of benzene rings is 1. The lowest BCUT2D eigenvalue weighted by Gasteiger charge is -2.48. The molecule has 33 heavy (non-hydrogen) atoms. The summed E-state index contributed by atoms with van der Waals surface area (Å²) >= 11 is 1.22. The van der Waals surface area contributed by atoms with Gasteiger partial charge in [-0.15, -0.1) is 11.8 Å². The van der Waals surface area contributed by atoms with Crippen molar-refractivity contribution in [1.82, 2.24) is 10.2 Å². The number of carbonyl (C=O) groups excluding carboxylic acids is 3. The van der Waals surface area contributed by atoms with Gasteiger partial charge in [-0.25, -0.2) is 4.79 Å². The molecule has 14 heteroatoms. The van der Waals surface area contributed by atoms with E-state index in [-0.39, 0.29) is 10.6 Å². The van der Waals surface area contributed by atoms with Crippen molar-refractivity contribution < 1.29 is 41.7 Å². The number of rotatable bonds is 9. The van der Waals surface area contributed by atoms with E-state index in [1.54, 1.807) is 19.1 Å². The average Bonchev–Trinajstić information content (AvgIpc) is 2.78. The van der Waals surface area contributed by atoms with Crippen LogP contribution in [0, 0.1) is 6.92 Å². The maximum atomic E-state index is 12.6. The molecule has 0 aromatic heterocycles. The number of thioether (sulfide) groups is 1. The summed E-state index contributed by atoms with van der Waals surface area (Å²) in [6.07, 6.45) is 1.38. The van der Waals surface area contributed by atoms with Crippen molar-refractivity contribution in [3.05, 3.63) is 41.6 Å². The van der Waals surface area contributed by atoms with E-state index >= 15 is 0 Å². The van der Waals surface area contributed by atoms with Crippen LogP contribution in [0.25, 0.3) is 0 Å². The molecule has 0 aliphatic carbocycles. The highest BCUT2D eigenvalue weighted by atomic mass is 32.2. The second-order valence-corrected chi connectivity index (χ2v) is 9.62. The number of β-lactam (4-membered cyclic amide) rings is 1. The van der Waals surface area contributed by atoms with Crippen molar-refractivity contribution in [2.75, 3.05) is 19.5 Å². The predicted octanol–water partition coefficient (Wildman–Crippen LogP) is -0.360. The first-order valence-electron chi connectivity index (χ1n) is 9.36. The molecule has 2 heterocycles. The van der Waals surface area contributed by atoms with E-state index in [9.17, 15) is 32.7 Å². The van der Waals surface area contributed by atoms with Gasteiger partial charge in [0.25, 0.3) is 21.9 Å². The van der Waals surface area contributed by atoms with E-state index in [2.05, 4.69) is 15.3 Å². The maximum Gasteiger partial charge on any atom is 0.352 e. The van der Waals surface area contributed by atoms with E-state index in [0.29, 0.717) is 5.75 Å². The van der Waals surface area contributed by atoms with Crippen molar-refractivity contribution >= 4 is 51.2 Å². The van der Waals surface area contributed by atoms with Crippen LogP contribution in [0.15, 0.2) is 46.1 Å². The fourth-order valence-corrected chi connectivity index (χ4v) is 5.09. The number of hydrogen-bond acceptors (Lipinski definition) is 10. The number of carbonyl (C=O) groups is 4. The van der Waals surface area contributed by atoms with E-state index < -0.39 is 57.4 Å². The molecular weight excluding hydrogens is 478 g/mol. The molecule has 1 saturated heterocycles. The number of aryl methyl sites for hydroxylation is 1. The third-order valence-electron chi connectivity index (χ3n) is 4.67. The summed E-state index contributed by atoms with van der Waals surface area (Å²) in [5, 5.41) is 14.2. The molecule has 1 unspecified atom stereocenters. The molecule has 2 N–H and O–H groups in total. The van der Waals surface area contributed by atoms with Crippen LogP contribution in [-0.2, 0) is 38.3 Å². The average molecular weight is 498 g/mol. The molecule has 2 aliphatic heterocycles. The number of amides is 2. The zero-order valence-corrected chi connectivity index (χ0v) is 19.0. The number of ketones is 1. The fourth-order valence-electron chi connectivity index (χ4n) is 3.03. The molecule has 0 radical (unpaired) electrons. The number of aliphatic carboxylic acids is 1. The molecule has 2 amide bonds. The van der Waals surface area contributed by atoms with Gasteiger partial charge >= 0.3 is 5.97 Å². The van der Waals surface area contributed by atoms with E-state index in [4.69, 9.17) is 4.18 Å². The number of oxime groups is 1. The molecule has 1 aromatic rings. The highest BCUT2D eigenvalue weighted by molar-refractivity contribution is 8.00. The molecule has 3 rings (SSSR count). The molecular formula is C19H19N3O9S2. The van der Waals surface area contributed by atoms with Crippen molar-refractivity contribution in [3.63, 3.8) is 0 Å². The fraction of sp³-hybridized carbons (Fsp3) is 0.316. The summed E-state index contributed by atoms with van der Waals surface area (Å²) in [6, 6.07) is 4.62. The van der Waals surface area contributed by atoms with Crippen molar-refractivity contribution in [2.45, 2.75) is 23.2 Å². The van der Waals surface area contributed by atoms with Crippen LogP contribution in [-0.4, -0.2) is 78.6 Å². The SMILES string of the molecule is CON=C(C(=O)COS(=O)(=O)c1ccc(C)cc1)C(=O)NC1C(=O)N2C(C(=O)O)=CCS[C@@H]12. The molecule has 2 atom stereocenters. The van der Waals surface area contributed by atoms with Crippen LogP contribution in [0.4, 0.5) is 0 Å². The molecule has 1 fully saturated rings. The lowest BCUT2D eigenvalue weighted by molar-refractivity contribution is -0.150. The molecule has 0 saturated carbocycles. The van der Waals surface area contributed by atoms with Gasteiger partial charge in [-0.1, -0.05) is 22.9 Å². The van der Waals surface area contributed by atoms with Crippen molar-refractivity contribution in [1.29, 1.82) is 0 Å². The summed E-state index contributed by atoms with van der Waals surface area (Å²) in [6.45, 7) is 0.740. The van der Waals surface area contributed by atoms with Crippen LogP contribution in [0.3, 0.4) is 0 Å². The van der Waals surface area contributed by atoms with Gasteiger partial charge in [0.15, 0.2) is 0 Å². The van der Waals surface area contributed by atoms with Gasteiger partial charge in [0.1, 0.15) is 30.8 Å². The number of fused-ring (bicyclic) bond motifs is 1. The van der Waals surface area contributed by atoms with Crippen LogP contribution >= 0.6 is 11.8 Å². The Kier molecular flexibility index (Phi) is 7.19. The van der Waals surface area contributed by atoms with Crippen LogP contribution < -0.4 is 5.32 Å². The van der Waals surface area contributed by atoms with Crippen LogP contribution in [0.1, 0.15) is 5.56 Å². The highest BCUT2D eigenvalue weighted by Crippen LogP contribution is 2.37. The summed E-state index contributed by atoms with van der Waals surface area (Å²) in [5.41, 5.74) is -0.175. The van der Waals surface area contributed by atoms with Crippen LogP contribution in [0.2, 0.25) is 0 Å². The molecule has 2 aliphatic rings. The summed E-state index contributed by atoms with van der Waals surface area (Å²) in [4.78, 5) is 54.0. The Morgan fingerprint density at radius 3 is 2.55 bits per heavy atom. The number of nitrogens with zero attached hydrogens (tertiary/aromatic N) is 2. The maximum absolute atomic E-state index is 12.6. The lowest BCUT2D eigenvalue weighted by atomic mass is 10.0. The zero-order chi connectivity index (χ0) is 24.3. The van der Waals surface area contributed by atoms with Gasteiger partial charge in [-0.3, -0.25) is 23.5 Å². The van der Waals surface area contributed by atoms with Gasteiger partial charge in [0, 0.05) is 5.75 Å². The smallest absolute Gasteiger partial charge is 0.352 e. The Morgan fingerprint density at radius 2 is 1.94 bits per heavy atom.